The molecule has 5 heteroatoms. The smallest absolute Gasteiger partial charge is 0.234 e. The van der Waals surface area contributed by atoms with Gasteiger partial charge in [0.1, 0.15) is 0 Å². The first-order valence-corrected chi connectivity index (χ1v) is 8.59. The second kappa shape index (κ2) is 7.90. The number of nitrogens with zero attached hydrogens (tertiary/aromatic N) is 1. The second-order valence-electron chi connectivity index (χ2n) is 6.39. The number of hydrogen-bond donors (Lipinski definition) is 2. The normalized spacial score (nSPS) is 23.2. The lowest BCUT2D eigenvalue weighted by Crippen LogP contribution is -2.42. The molecule has 0 aromatic heterocycles. The van der Waals surface area contributed by atoms with Crippen molar-refractivity contribution < 1.29 is 14.6 Å². The quantitative estimate of drug-likeness (QED) is 0.795. The Bertz CT molecular complexity index is 529. The van der Waals surface area contributed by atoms with Crippen LogP contribution in [0, 0.1) is 0 Å². The van der Waals surface area contributed by atoms with Crippen molar-refractivity contribution in [3.63, 3.8) is 0 Å². The van der Waals surface area contributed by atoms with Gasteiger partial charge in [-0.3, -0.25) is 9.69 Å². The fourth-order valence-electron chi connectivity index (χ4n) is 3.66. The van der Waals surface area contributed by atoms with Gasteiger partial charge in [0.2, 0.25) is 5.91 Å². The highest BCUT2D eigenvalue weighted by Crippen LogP contribution is 2.35. The summed E-state index contributed by atoms with van der Waals surface area (Å²) in [6, 6.07) is 8.63. The number of nitrogens with one attached hydrogen (secondary N) is 1. The molecule has 1 aliphatic carbocycles. The molecule has 2 atom stereocenters. The van der Waals surface area contributed by atoms with E-state index in [0.717, 1.165) is 32.3 Å². The summed E-state index contributed by atoms with van der Waals surface area (Å²) < 4.78 is 5.53. The first-order valence-electron chi connectivity index (χ1n) is 8.59. The molecule has 126 valence electrons. The van der Waals surface area contributed by atoms with Crippen molar-refractivity contribution in [1.29, 1.82) is 0 Å². The number of carbonyl (C=O) groups is 1. The van der Waals surface area contributed by atoms with Crippen LogP contribution in [0.3, 0.4) is 0 Å². The van der Waals surface area contributed by atoms with Gasteiger partial charge in [0.15, 0.2) is 0 Å². The zero-order valence-corrected chi connectivity index (χ0v) is 13.5. The lowest BCUT2D eigenvalue weighted by atomic mass is 10.1. The van der Waals surface area contributed by atoms with Crippen LogP contribution in [-0.2, 0) is 16.0 Å². The van der Waals surface area contributed by atoms with Gasteiger partial charge in [-0.05, 0) is 36.8 Å². The second-order valence-corrected chi connectivity index (χ2v) is 6.39. The average Bonchev–Trinajstić information content (AvgIpc) is 3.22. The lowest BCUT2D eigenvalue weighted by molar-refractivity contribution is -0.123. The molecule has 3 rings (SSSR count). The van der Waals surface area contributed by atoms with Crippen LogP contribution in [0.25, 0.3) is 0 Å². The Hall–Kier alpha value is -1.43. The van der Waals surface area contributed by atoms with Crippen LogP contribution in [0.1, 0.15) is 36.4 Å². The number of rotatable bonds is 7. The van der Waals surface area contributed by atoms with Crippen molar-refractivity contribution in [2.45, 2.75) is 37.8 Å². The summed E-state index contributed by atoms with van der Waals surface area (Å²) >= 11 is 0. The Morgan fingerprint density at radius 3 is 3.00 bits per heavy atom. The average molecular weight is 318 g/mol. The van der Waals surface area contributed by atoms with Gasteiger partial charge >= 0.3 is 0 Å². The molecule has 2 aliphatic rings. The van der Waals surface area contributed by atoms with Gasteiger partial charge in [0, 0.05) is 25.7 Å². The minimum Gasteiger partial charge on any atom is -0.395 e. The Labute approximate surface area is 137 Å². The van der Waals surface area contributed by atoms with E-state index in [2.05, 4.69) is 28.4 Å². The third-order valence-electron chi connectivity index (χ3n) is 4.83. The highest BCUT2D eigenvalue weighted by atomic mass is 16.5. The Balaban J connectivity index is 1.57. The van der Waals surface area contributed by atoms with Crippen molar-refractivity contribution in [3.05, 3.63) is 35.4 Å². The number of carbonyl (C=O) groups excluding carboxylic acids is 1. The molecule has 2 N–H and O–H groups in total. The highest BCUT2D eigenvalue weighted by molar-refractivity contribution is 5.78. The Morgan fingerprint density at radius 2 is 2.22 bits per heavy atom. The van der Waals surface area contributed by atoms with Crippen LogP contribution in [0.2, 0.25) is 0 Å². The van der Waals surface area contributed by atoms with Gasteiger partial charge < -0.3 is 15.2 Å². The summed E-state index contributed by atoms with van der Waals surface area (Å²) in [6.45, 7) is 2.30. The largest absolute Gasteiger partial charge is 0.395 e. The van der Waals surface area contributed by atoms with Crippen LogP contribution < -0.4 is 5.32 Å². The molecule has 1 saturated heterocycles. The van der Waals surface area contributed by atoms with Crippen molar-refractivity contribution in [2.75, 3.05) is 32.8 Å². The van der Waals surface area contributed by atoms with Gasteiger partial charge in [-0.2, -0.15) is 0 Å². The number of aliphatic hydroxyl groups excluding tert-OH is 1. The summed E-state index contributed by atoms with van der Waals surface area (Å²) in [5.74, 6) is 0.0123. The minimum absolute atomic E-state index is 0.0123. The summed E-state index contributed by atoms with van der Waals surface area (Å²) in [5, 5.41) is 12.3. The van der Waals surface area contributed by atoms with E-state index >= 15 is 0 Å². The Kier molecular flexibility index (Phi) is 5.65. The number of hydrogen-bond acceptors (Lipinski definition) is 4. The summed E-state index contributed by atoms with van der Waals surface area (Å²) in [5.41, 5.74) is 2.66. The first kappa shape index (κ1) is 16.4. The van der Waals surface area contributed by atoms with Gasteiger partial charge in [0.25, 0.3) is 0 Å². The molecule has 5 nitrogen and oxygen atoms in total. The van der Waals surface area contributed by atoms with E-state index < -0.39 is 0 Å². The van der Waals surface area contributed by atoms with Crippen LogP contribution in [0.4, 0.5) is 0 Å². The minimum atomic E-state index is 0.0123. The van der Waals surface area contributed by atoms with Gasteiger partial charge in [-0.15, -0.1) is 0 Å². The van der Waals surface area contributed by atoms with E-state index in [0.29, 0.717) is 19.6 Å². The topological polar surface area (TPSA) is 61.8 Å². The van der Waals surface area contributed by atoms with Crippen molar-refractivity contribution >= 4 is 5.91 Å². The maximum absolute atomic E-state index is 12.3. The first-order chi connectivity index (χ1) is 11.3. The fraction of sp³-hybridized carbons (Fsp3) is 0.611. The van der Waals surface area contributed by atoms with E-state index in [-0.39, 0.29) is 24.7 Å². The predicted octanol–water partition coefficient (Wildman–Crippen LogP) is 1.26. The number of aryl methyl sites for hydroxylation is 1. The molecule has 0 spiro atoms. The summed E-state index contributed by atoms with van der Waals surface area (Å²) in [4.78, 5) is 14.4. The molecular weight excluding hydrogens is 292 g/mol. The molecule has 1 heterocycles. The van der Waals surface area contributed by atoms with Gasteiger partial charge in [-0.25, -0.2) is 0 Å². The molecule has 2 unspecified atom stereocenters. The molecule has 1 aromatic carbocycles. The lowest BCUT2D eigenvalue weighted by Gasteiger charge is -2.28. The van der Waals surface area contributed by atoms with E-state index in [1.165, 1.54) is 11.1 Å². The SMILES string of the molecule is O=C(CN(CCO)C1CCc2ccccc21)NCC1CCCO1. The van der Waals surface area contributed by atoms with Crippen molar-refractivity contribution in [2.24, 2.45) is 0 Å². The summed E-state index contributed by atoms with van der Waals surface area (Å²) in [7, 11) is 0. The maximum atomic E-state index is 12.3. The molecule has 1 aliphatic heterocycles. The molecule has 0 saturated carbocycles. The number of ether oxygens (including phenoxy) is 1. The molecule has 1 fully saturated rings. The third-order valence-corrected chi connectivity index (χ3v) is 4.83. The maximum Gasteiger partial charge on any atom is 0.234 e. The number of fused-ring (bicyclic) bond motifs is 1. The van der Waals surface area contributed by atoms with E-state index in [1.54, 1.807) is 0 Å². The monoisotopic (exact) mass is 318 g/mol. The van der Waals surface area contributed by atoms with Crippen LogP contribution >= 0.6 is 0 Å². The van der Waals surface area contributed by atoms with E-state index in [9.17, 15) is 9.90 Å². The molecule has 0 bridgehead atoms. The van der Waals surface area contributed by atoms with Gasteiger partial charge in [0.05, 0.1) is 19.3 Å². The molecular formula is C18H26N2O3. The summed E-state index contributed by atoms with van der Waals surface area (Å²) in [6.07, 6.45) is 4.32. The zero-order valence-electron chi connectivity index (χ0n) is 13.5. The standard InChI is InChI=1S/C18H26N2O3/c21-10-9-20(13-18(22)19-12-15-5-3-11-23-15)17-8-7-14-4-1-2-6-16(14)17/h1-2,4,6,15,17,21H,3,5,7-13H2,(H,19,22). The fourth-order valence-corrected chi connectivity index (χ4v) is 3.66. The van der Waals surface area contributed by atoms with Crippen LogP contribution in [0.5, 0.6) is 0 Å². The molecule has 1 aromatic rings. The highest BCUT2D eigenvalue weighted by Gasteiger charge is 2.28. The van der Waals surface area contributed by atoms with Gasteiger partial charge in [-0.1, -0.05) is 24.3 Å². The number of benzene rings is 1. The van der Waals surface area contributed by atoms with Crippen molar-refractivity contribution in [1.82, 2.24) is 10.2 Å². The number of aliphatic hydroxyl groups is 1. The van der Waals surface area contributed by atoms with E-state index in [1.807, 2.05) is 6.07 Å². The number of amides is 1. The zero-order chi connectivity index (χ0) is 16.1. The third kappa shape index (κ3) is 4.10. The van der Waals surface area contributed by atoms with Crippen molar-refractivity contribution in [3.8, 4) is 0 Å². The molecule has 1 amide bonds. The van der Waals surface area contributed by atoms with E-state index in [4.69, 9.17) is 4.74 Å². The van der Waals surface area contributed by atoms with Crippen LogP contribution in [-0.4, -0.2) is 54.9 Å². The predicted molar refractivity (Wildman–Crippen MR) is 88.1 cm³/mol. The molecule has 23 heavy (non-hydrogen) atoms. The van der Waals surface area contributed by atoms with Crippen LogP contribution in [0.15, 0.2) is 24.3 Å². The molecule has 0 radical (unpaired) electrons. The Morgan fingerprint density at radius 1 is 1.35 bits per heavy atom.